The van der Waals surface area contributed by atoms with Gasteiger partial charge in [-0.05, 0) is 41.8 Å². The highest BCUT2D eigenvalue weighted by molar-refractivity contribution is 5.83. The topological polar surface area (TPSA) is 95.9 Å². The summed E-state index contributed by atoms with van der Waals surface area (Å²) < 4.78 is 5.07. The number of ether oxygens (including phenoxy) is 1. The van der Waals surface area contributed by atoms with Gasteiger partial charge in [0.25, 0.3) is 0 Å². The second kappa shape index (κ2) is 8.73. The Hall–Kier alpha value is -3.02. The van der Waals surface area contributed by atoms with Crippen LogP contribution < -0.4 is 10.1 Å². The Kier molecular flexibility index (Phi) is 6.39. The van der Waals surface area contributed by atoms with Gasteiger partial charge in [0.2, 0.25) is 5.91 Å². The molecule has 2 aromatic rings. The van der Waals surface area contributed by atoms with Gasteiger partial charge in [0, 0.05) is 12.8 Å². The molecule has 6 heteroatoms. The average molecular weight is 343 g/mol. The van der Waals surface area contributed by atoms with Crippen LogP contribution in [0.4, 0.5) is 0 Å². The lowest BCUT2D eigenvalue weighted by Crippen LogP contribution is -2.42. The highest BCUT2D eigenvalue weighted by atomic mass is 16.5. The molecular formula is C19H21NO5. The second-order valence-corrected chi connectivity index (χ2v) is 5.68. The van der Waals surface area contributed by atoms with Gasteiger partial charge in [0.1, 0.15) is 17.5 Å². The zero-order valence-electron chi connectivity index (χ0n) is 13.9. The third-order valence-electron chi connectivity index (χ3n) is 3.81. The van der Waals surface area contributed by atoms with Crippen LogP contribution in [0.25, 0.3) is 0 Å². The number of aromatic hydroxyl groups is 1. The van der Waals surface area contributed by atoms with Crippen LogP contribution in [0.3, 0.4) is 0 Å². The molecule has 0 aliphatic heterocycles. The number of aryl methyl sites for hydroxylation is 1. The summed E-state index contributed by atoms with van der Waals surface area (Å²) in [7, 11) is 1.56. The second-order valence-electron chi connectivity index (χ2n) is 5.68. The van der Waals surface area contributed by atoms with Gasteiger partial charge < -0.3 is 20.3 Å². The summed E-state index contributed by atoms with van der Waals surface area (Å²) in [5, 5.41) is 21.1. The number of carboxylic acids is 1. The van der Waals surface area contributed by atoms with Crippen LogP contribution in [0.5, 0.6) is 11.5 Å². The van der Waals surface area contributed by atoms with E-state index in [-0.39, 0.29) is 24.5 Å². The van der Waals surface area contributed by atoms with Crippen LogP contribution in [-0.4, -0.2) is 35.2 Å². The highest BCUT2D eigenvalue weighted by Crippen LogP contribution is 2.13. The number of rotatable bonds is 8. The summed E-state index contributed by atoms with van der Waals surface area (Å²) >= 11 is 0. The van der Waals surface area contributed by atoms with Crippen LogP contribution >= 0.6 is 0 Å². The quantitative estimate of drug-likeness (QED) is 0.682. The van der Waals surface area contributed by atoms with Crippen molar-refractivity contribution in [2.75, 3.05) is 7.11 Å². The Morgan fingerprint density at radius 1 is 1.04 bits per heavy atom. The number of phenols is 1. The number of carbonyl (C=O) groups is 2. The fourth-order valence-corrected chi connectivity index (χ4v) is 2.38. The molecule has 2 aromatic carbocycles. The number of nitrogens with one attached hydrogen (secondary N) is 1. The number of hydrogen-bond donors (Lipinski definition) is 3. The molecule has 25 heavy (non-hydrogen) atoms. The molecule has 6 nitrogen and oxygen atoms in total. The lowest BCUT2D eigenvalue weighted by Gasteiger charge is -2.15. The van der Waals surface area contributed by atoms with E-state index < -0.39 is 12.0 Å². The summed E-state index contributed by atoms with van der Waals surface area (Å²) in [5.74, 6) is -0.546. The molecule has 0 aliphatic carbocycles. The molecule has 0 spiro atoms. The third-order valence-corrected chi connectivity index (χ3v) is 3.81. The van der Waals surface area contributed by atoms with Gasteiger partial charge in [0.05, 0.1) is 7.11 Å². The molecule has 0 saturated carbocycles. The predicted molar refractivity (Wildman–Crippen MR) is 92.7 cm³/mol. The van der Waals surface area contributed by atoms with Gasteiger partial charge in [-0.25, -0.2) is 4.79 Å². The van der Waals surface area contributed by atoms with Crippen molar-refractivity contribution in [1.29, 1.82) is 0 Å². The number of methoxy groups -OCH3 is 1. The lowest BCUT2D eigenvalue weighted by atomic mass is 10.0. The molecule has 0 unspecified atom stereocenters. The number of carbonyl (C=O) groups excluding carboxylic acids is 1. The molecular weight excluding hydrogens is 322 g/mol. The van der Waals surface area contributed by atoms with Crippen molar-refractivity contribution in [1.82, 2.24) is 5.32 Å². The Bertz CT molecular complexity index is 710. The number of carboxylic acid groups (broad SMARTS) is 1. The maximum Gasteiger partial charge on any atom is 0.326 e. The predicted octanol–water partition coefficient (Wildman–Crippen LogP) is 2.15. The minimum Gasteiger partial charge on any atom is -0.508 e. The fraction of sp³-hybridized carbons (Fsp3) is 0.263. The average Bonchev–Trinajstić information content (AvgIpc) is 2.61. The number of phenolic OH excluding ortho intramolecular Hbond substituents is 1. The first-order chi connectivity index (χ1) is 12.0. The highest BCUT2D eigenvalue weighted by Gasteiger charge is 2.20. The maximum absolute atomic E-state index is 12.0. The van der Waals surface area contributed by atoms with E-state index in [1.807, 2.05) is 0 Å². The van der Waals surface area contributed by atoms with Crippen LogP contribution in [0.15, 0.2) is 48.5 Å². The largest absolute Gasteiger partial charge is 0.508 e. The van der Waals surface area contributed by atoms with E-state index >= 15 is 0 Å². The van der Waals surface area contributed by atoms with Crippen molar-refractivity contribution in [3.8, 4) is 11.5 Å². The molecule has 2 rings (SSSR count). The first-order valence-corrected chi connectivity index (χ1v) is 7.91. The van der Waals surface area contributed by atoms with E-state index in [9.17, 15) is 19.8 Å². The molecule has 0 bridgehead atoms. The molecule has 1 amide bonds. The van der Waals surface area contributed by atoms with Crippen molar-refractivity contribution < 1.29 is 24.5 Å². The van der Waals surface area contributed by atoms with Crippen molar-refractivity contribution >= 4 is 11.9 Å². The Morgan fingerprint density at radius 2 is 1.64 bits per heavy atom. The van der Waals surface area contributed by atoms with Crippen LogP contribution in [0, 0.1) is 0 Å². The summed E-state index contributed by atoms with van der Waals surface area (Å²) in [4.78, 5) is 23.5. The molecule has 0 fully saturated rings. The molecule has 0 aromatic heterocycles. The summed E-state index contributed by atoms with van der Waals surface area (Å²) in [6.45, 7) is 0. The van der Waals surface area contributed by atoms with Gasteiger partial charge in [-0.15, -0.1) is 0 Å². The van der Waals surface area contributed by atoms with Crippen LogP contribution in [0.2, 0.25) is 0 Å². The van der Waals surface area contributed by atoms with Crippen molar-refractivity contribution in [2.24, 2.45) is 0 Å². The van der Waals surface area contributed by atoms with Gasteiger partial charge in [-0.1, -0.05) is 24.3 Å². The van der Waals surface area contributed by atoms with Gasteiger partial charge >= 0.3 is 5.97 Å². The smallest absolute Gasteiger partial charge is 0.326 e. The minimum atomic E-state index is -1.08. The van der Waals surface area contributed by atoms with E-state index in [1.165, 1.54) is 0 Å². The standard InChI is InChI=1S/C19H21NO5/c1-25-16-9-4-14(5-10-16)12-17(19(23)24)20-18(22)11-6-13-2-7-15(21)8-3-13/h2-5,7-10,17,21H,6,11-12H2,1H3,(H,20,22)(H,23,24)/t17-/m0/s1. The minimum absolute atomic E-state index is 0.165. The molecule has 132 valence electrons. The summed E-state index contributed by atoms with van der Waals surface area (Å²) in [6, 6.07) is 12.6. The number of hydrogen-bond acceptors (Lipinski definition) is 4. The maximum atomic E-state index is 12.0. The van der Waals surface area contributed by atoms with Gasteiger partial charge in [0.15, 0.2) is 0 Å². The molecule has 0 saturated heterocycles. The van der Waals surface area contributed by atoms with Crippen LogP contribution in [-0.2, 0) is 22.4 Å². The Labute approximate surface area is 146 Å². The number of aliphatic carboxylic acids is 1. The number of amides is 1. The summed E-state index contributed by atoms with van der Waals surface area (Å²) in [6.07, 6.45) is 0.850. The molecule has 0 radical (unpaired) electrons. The summed E-state index contributed by atoms with van der Waals surface area (Å²) in [5.41, 5.74) is 1.70. The van der Waals surface area contributed by atoms with E-state index in [2.05, 4.69) is 5.32 Å². The Balaban J connectivity index is 1.89. The zero-order valence-corrected chi connectivity index (χ0v) is 13.9. The first kappa shape index (κ1) is 18.3. The van der Waals surface area contributed by atoms with Gasteiger partial charge in [-0.3, -0.25) is 4.79 Å². The van der Waals surface area contributed by atoms with Gasteiger partial charge in [-0.2, -0.15) is 0 Å². The fourth-order valence-electron chi connectivity index (χ4n) is 2.38. The van der Waals surface area contributed by atoms with E-state index in [4.69, 9.17) is 4.74 Å². The SMILES string of the molecule is COc1ccc(C[C@H](NC(=O)CCc2ccc(O)cc2)C(=O)O)cc1. The van der Waals surface area contributed by atoms with Crippen molar-refractivity contribution in [3.63, 3.8) is 0 Å². The third kappa shape index (κ3) is 5.84. The van der Waals surface area contributed by atoms with E-state index in [0.717, 1.165) is 11.1 Å². The zero-order chi connectivity index (χ0) is 18.2. The van der Waals surface area contributed by atoms with E-state index in [1.54, 1.807) is 55.6 Å². The lowest BCUT2D eigenvalue weighted by molar-refractivity contribution is -0.141. The van der Waals surface area contributed by atoms with Crippen molar-refractivity contribution in [2.45, 2.75) is 25.3 Å². The molecule has 0 heterocycles. The molecule has 1 atom stereocenters. The normalized spacial score (nSPS) is 11.6. The monoisotopic (exact) mass is 343 g/mol. The first-order valence-electron chi connectivity index (χ1n) is 7.91. The van der Waals surface area contributed by atoms with Crippen molar-refractivity contribution in [3.05, 3.63) is 59.7 Å². The van der Waals surface area contributed by atoms with Crippen LogP contribution in [0.1, 0.15) is 17.5 Å². The molecule has 0 aliphatic rings. The van der Waals surface area contributed by atoms with E-state index in [0.29, 0.717) is 12.2 Å². The number of benzene rings is 2. The Morgan fingerprint density at radius 3 is 2.20 bits per heavy atom. The molecule has 3 N–H and O–H groups in total.